The Bertz CT molecular complexity index is 496. The second-order valence-corrected chi connectivity index (χ2v) is 7.03. The standard InChI is InChI=1S/C15H23N3O3S/c1-20-10-13(19)18-5-2-3-15(11-18)7-12(9-21-15)8-17-14-16-4-6-22-14/h4,6,12H,2-3,5,7-11H2,1H3,(H,16,17). The van der Waals surface area contributed by atoms with E-state index >= 15 is 0 Å². The number of methoxy groups -OCH3 is 1. The predicted molar refractivity (Wildman–Crippen MR) is 85.1 cm³/mol. The highest BCUT2D eigenvalue weighted by Crippen LogP contribution is 2.37. The smallest absolute Gasteiger partial charge is 0.248 e. The number of likely N-dealkylation sites (tertiary alicyclic amines) is 1. The van der Waals surface area contributed by atoms with E-state index in [0.717, 1.165) is 44.1 Å². The zero-order valence-corrected chi connectivity index (χ0v) is 13.7. The number of thiazole rings is 1. The van der Waals surface area contributed by atoms with Crippen LogP contribution in [0, 0.1) is 5.92 Å². The summed E-state index contributed by atoms with van der Waals surface area (Å²) in [5.74, 6) is 0.538. The number of ether oxygens (including phenoxy) is 2. The van der Waals surface area contributed by atoms with E-state index in [1.165, 1.54) is 0 Å². The first-order valence-corrected chi connectivity index (χ1v) is 8.63. The second-order valence-electron chi connectivity index (χ2n) is 6.13. The van der Waals surface area contributed by atoms with Crippen LogP contribution < -0.4 is 5.32 Å². The number of carbonyl (C=O) groups excluding carboxylic acids is 1. The molecule has 2 aliphatic heterocycles. The molecule has 1 N–H and O–H groups in total. The zero-order valence-electron chi connectivity index (χ0n) is 12.9. The lowest BCUT2D eigenvalue weighted by Crippen LogP contribution is -2.51. The zero-order chi connectivity index (χ0) is 15.4. The van der Waals surface area contributed by atoms with Gasteiger partial charge in [0.1, 0.15) is 6.61 Å². The van der Waals surface area contributed by atoms with Crippen molar-refractivity contribution in [2.24, 2.45) is 5.92 Å². The molecule has 2 atom stereocenters. The van der Waals surface area contributed by atoms with Crippen LogP contribution in [0.2, 0.25) is 0 Å². The first-order chi connectivity index (χ1) is 10.7. The maximum atomic E-state index is 12.0. The van der Waals surface area contributed by atoms with Gasteiger partial charge in [-0.25, -0.2) is 4.98 Å². The molecule has 0 saturated carbocycles. The molecule has 22 heavy (non-hydrogen) atoms. The van der Waals surface area contributed by atoms with Crippen LogP contribution in [0.3, 0.4) is 0 Å². The lowest BCUT2D eigenvalue weighted by Gasteiger charge is -2.39. The number of amides is 1. The maximum Gasteiger partial charge on any atom is 0.248 e. The monoisotopic (exact) mass is 325 g/mol. The van der Waals surface area contributed by atoms with E-state index in [-0.39, 0.29) is 18.1 Å². The predicted octanol–water partition coefficient (Wildman–Crippen LogP) is 1.60. The first-order valence-electron chi connectivity index (χ1n) is 7.75. The molecular weight excluding hydrogens is 302 g/mol. The fraction of sp³-hybridized carbons (Fsp3) is 0.733. The molecule has 0 bridgehead atoms. The second kappa shape index (κ2) is 6.93. The minimum absolute atomic E-state index is 0.0644. The molecule has 3 heterocycles. The van der Waals surface area contributed by atoms with Gasteiger partial charge in [-0.3, -0.25) is 4.79 Å². The molecule has 2 saturated heterocycles. The largest absolute Gasteiger partial charge is 0.375 e. The van der Waals surface area contributed by atoms with E-state index in [1.54, 1.807) is 24.6 Å². The maximum absolute atomic E-state index is 12.0. The summed E-state index contributed by atoms with van der Waals surface area (Å²) in [7, 11) is 1.56. The Morgan fingerprint density at radius 1 is 1.68 bits per heavy atom. The van der Waals surface area contributed by atoms with Crippen molar-refractivity contribution in [3.63, 3.8) is 0 Å². The van der Waals surface area contributed by atoms with E-state index in [2.05, 4.69) is 10.3 Å². The van der Waals surface area contributed by atoms with Gasteiger partial charge in [0.25, 0.3) is 0 Å². The number of nitrogens with zero attached hydrogens (tertiary/aromatic N) is 2. The molecule has 0 aliphatic carbocycles. The average molecular weight is 325 g/mol. The fourth-order valence-electron chi connectivity index (χ4n) is 3.42. The van der Waals surface area contributed by atoms with Crippen LogP contribution in [0.15, 0.2) is 11.6 Å². The lowest BCUT2D eigenvalue weighted by molar-refractivity contribution is -0.143. The highest BCUT2D eigenvalue weighted by atomic mass is 32.1. The molecule has 3 rings (SSSR count). The molecule has 0 aromatic carbocycles. The van der Waals surface area contributed by atoms with E-state index in [4.69, 9.17) is 9.47 Å². The summed E-state index contributed by atoms with van der Waals surface area (Å²) in [6, 6.07) is 0. The number of piperidine rings is 1. The van der Waals surface area contributed by atoms with Crippen molar-refractivity contribution in [2.45, 2.75) is 24.9 Å². The van der Waals surface area contributed by atoms with Crippen LogP contribution in [-0.4, -0.2) is 61.3 Å². The number of hydrogen-bond acceptors (Lipinski definition) is 6. The summed E-state index contributed by atoms with van der Waals surface area (Å²) in [6.45, 7) is 3.30. The van der Waals surface area contributed by atoms with Crippen LogP contribution in [0.1, 0.15) is 19.3 Å². The Balaban J connectivity index is 1.52. The van der Waals surface area contributed by atoms with Crippen molar-refractivity contribution in [2.75, 3.05) is 45.3 Å². The van der Waals surface area contributed by atoms with E-state index in [0.29, 0.717) is 12.5 Å². The van der Waals surface area contributed by atoms with Crippen molar-refractivity contribution in [3.8, 4) is 0 Å². The quantitative estimate of drug-likeness (QED) is 0.891. The van der Waals surface area contributed by atoms with Gasteiger partial charge in [-0.15, -0.1) is 11.3 Å². The molecule has 0 radical (unpaired) electrons. The first kappa shape index (κ1) is 15.7. The van der Waals surface area contributed by atoms with E-state index in [9.17, 15) is 4.79 Å². The summed E-state index contributed by atoms with van der Waals surface area (Å²) < 4.78 is 11.1. The molecule has 2 unspecified atom stereocenters. The number of aromatic nitrogens is 1. The van der Waals surface area contributed by atoms with Crippen molar-refractivity contribution in [3.05, 3.63) is 11.6 Å². The van der Waals surface area contributed by atoms with Crippen LogP contribution in [-0.2, 0) is 14.3 Å². The van der Waals surface area contributed by atoms with Gasteiger partial charge in [0, 0.05) is 44.2 Å². The van der Waals surface area contributed by atoms with Gasteiger partial charge in [0.05, 0.1) is 12.2 Å². The van der Waals surface area contributed by atoms with Crippen LogP contribution in [0.4, 0.5) is 5.13 Å². The van der Waals surface area contributed by atoms with Gasteiger partial charge in [-0.1, -0.05) is 0 Å². The molecule has 2 fully saturated rings. The van der Waals surface area contributed by atoms with Crippen molar-refractivity contribution in [1.29, 1.82) is 0 Å². The van der Waals surface area contributed by atoms with Gasteiger partial charge in [0.15, 0.2) is 5.13 Å². The van der Waals surface area contributed by atoms with Crippen molar-refractivity contribution in [1.82, 2.24) is 9.88 Å². The summed E-state index contributed by atoms with van der Waals surface area (Å²) in [5, 5.41) is 6.30. The molecule has 2 aliphatic rings. The molecule has 122 valence electrons. The van der Waals surface area contributed by atoms with Gasteiger partial charge >= 0.3 is 0 Å². The third-order valence-corrected chi connectivity index (χ3v) is 5.15. The molecule has 1 amide bonds. The normalized spacial score (nSPS) is 28.2. The summed E-state index contributed by atoms with van der Waals surface area (Å²) in [6.07, 6.45) is 4.85. The van der Waals surface area contributed by atoms with Gasteiger partial charge in [-0.05, 0) is 19.3 Å². The molecule has 6 nitrogen and oxygen atoms in total. The minimum Gasteiger partial charge on any atom is -0.375 e. The minimum atomic E-state index is -0.156. The van der Waals surface area contributed by atoms with Crippen LogP contribution in [0.5, 0.6) is 0 Å². The number of rotatable bonds is 5. The van der Waals surface area contributed by atoms with E-state index < -0.39 is 0 Å². The van der Waals surface area contributed by atoms with Gasteiger partial charge < -0.3 is 19.7 Å². The lowest BCUT2D eigenvalue weighted by atomic mass is 9.86. The van der Waals surface area contributed by atoms with E-state index in [1.807, 2.05) is 10.3 Å². The van der Waals surface area contributed by atoms with Crippen LogP contribution >= 0.6 is 11.3 Å². The highest BCUT2D eigenvalue weighted by molar-refractivity contribution is 7.13. The molecule has 1 aromatic rings. The Labute approximate surface area is 134 Å². The third-order valence-electron chi connectivity index (χ3n) is 4.42. The van der Waals surface area contributed by atoms with Gasteiger partial charge in [0.2, 0.25) is 5.91 Å². The molecule has 1 spiro atoms. The van der Waals surface area contributed by atoms with Crippen LogP contribution in [0.25, 0.3) is 0 Å². The molecule has 7 heteroatoms. The number of hydrogen-bond donors (Lipinski definition) is 1. The number of nitrogens with one attached hydrogen (secondary N) is 1. The molecule has 1 aromatic heterocycles. The Morgan fingerprint density at radius 3 is 3.36 bits per heavy atom. The SMILES string of the molecule is COCC(=O)N1CCCC2(CC(CNc3nccs3)CO2)C1. The fourth-order valence-corrected chi connectivity index (χ4v) is 3.96. The number of anilines is 1. The molecular formula is C15H23N3O3S. The van der Waals surface area contributed by atoms with Crippen molar-refractivity contribution < 1.29 is 14.3 Å². The summed E-state index contributed by atoms with van der Waals surface area (Å²) >= 11 is 1.61. The Morgan fingerprint density at radius 2 is 2.59 bits per heavy atom. The Kier molecular flexibility index (Phi) is 4.95. The van der Waals surface area contributed by atoms with Gasteiger partial charge in [-0.2, -0.15) is 0 Å². The third kappa shape index (κ3) is 3.59. The Hall–Kier alpha value is -1.18. The number of carbonyl (C=O) groups is 1. The van der Waals surface area contributed by atoms with Crippen molar-refractivity contribution >= 4 is 22.4 Å². The summed E-state index contributed by atoms with van der Waals surface area (Å²) in [4.78, 5) is 18.2. The average Bonchev–Trinajstić information content (AvgIpc) is 3.16. The summed E-state index contributed by atoms with van der Waals surface area (Å²) in [5.41, 5.74) is -0.156. The highest BCUT2D eigenvalue weighted by Gasteiger charge is 2.44. The topological polar surface area (TPSA) is 63.7 Å².